The molecule has 1 fully saturated rings. The van der Waals surface area contributed by atoms with E-state index in [4.69, 9.17) is 0 Å². The molecule has 0 saturated carbocycles. The lowest BCUT2D eigenvalue weighted by Gasteiger charge is -2.40. The first-order valence-electron chi connectivity index (χ1n) is 8.69. The van der Waals surface area contributed by atoms with E-state index in [0.29, 0.717) is 37.8 Å². The van der Waals surface area contributed by atoms with Crippen LogP contribution in [0.3, 0.4) is 0 Å². The van der Waals surface area contributed by atoms with Gasteiger partial charge in [0.2, 0.25) is 10.0 Å². The van der Waals surface area contributed by atoms with Crippen LogP contribution in [-0.4, -0.2) is 43.8 Å². The van der Waals surface area contributed by atoms with Gasteiger partial charge in [-0.25, -0.2) is 8.42 Å². The number of aliphatic hydroxyl groups excluding tert-OH is 1. The maximum absolute atomic E-state index is 12.9. The Bertz CT molecular complexity index is 856. The SMILES string of the molecule is O=Cc1cccc(S(=O)(=O)N2CCC(CO)(Cc3ccccc3)CC2)c1. The highest BCUT2D eigenvalue weighted by molar-refractivity contribution is 7.89. The van der Waals surface area contributed by atoms with Crippen molar-refractivity contribution in [2.24, 2.45) is 5.41 Å². The second kappa shape index (κ2) is 7.70. The van der Waals surface area contributed by atoms with Gasteiger partial charge < -0.3 is 5.11 Å². The molecule has 138 valence electrons. The Kier molecular flexibility index (Phi) is 5.55. The monoisotopic (exact) mass is 373 g/mol. The maximum Gasteiger partial charge on any atom is 0.243 e. The number of nitrogens with zero attached hydrogens (tertiary/aromatic N) is 1. The minimum atomic E-state index is -3.63. The zero-order valence-corrected chi connectivity index (χ0v) is 15.4. The normalized spacial score (nSPS) is 17.7. The fourth-order valence-electron chi connectivity index (χ4n) is 3.52. The fraction of sp³-hybridized carbons (Fsp3) is 0.350. The Hall–Kier alpha value is -2.02. The number of rotatable bonds is 6. The van der Waals surface area contributed by atoms with Gasteiger partial charge in [0, 0.05) is 25.3 Å². The molecule has 0 bridgehead atoms. The molecule has 6 heteroatoms. The van der Waals surface area contributed by atoms with Crippen LogP contribution < -0.4 is 0 Å². The molecule has 0 radical (unpaired) electrons. The van der Waals surface area contributed by atoms with Crippen molar-refractivity contribution in [1.82, 2.24) is 4.31 Å². The molecule has 1 heterocycles. The van der Waals surface area contributed by atoms with Crippen molar-refractivity contribution in [3.8, 4) is 0 Å². The molecule has 0 aliphatic carbocycles. The van der Waals surface area contributed by atoms with E-state index in [1.807, 2.05) is 30.3 Å². The van der Waals surface area contributed by atoms with Gasteiger partial charge in [-0.15, -0.1) is 0 Å². The minimum Gasteiger partial charge on any atom is -0.396 e. The highest BCUT2D eigenvalue weighted by Gasteiger charge is 2.38. The van der Waals surface area contributed by atoms with Crippen molar-refractivity contribution in [2.75, 3.05) is 19.7 Å². The van der Waals surface area contributed by atoms with E-state index in [1.54, 1.807) is 12.1 Å². The number of sulfonamides is 1. The largest absolute Gasteiger partial charge is 0.396 e. The maximum atomic E-state index is 12.9. The minimum absolute atomic E-state index is 0.0381. The summed E-state index contributed by atoms with van der Waals surface area (Å²) in [5.41, 5.74) is 1.20. The topological polar surface area (TPSA) is 74.7 Å². The third-order valence-electron chi connectivity index (χ3n) is 5.17. The lowest BCUT2D eigenvalue weighted by molar-refractivity contribution is 0.0684. The van der Waals surface area contributed by atoms with Crippen LogP contribution in [0.4, 0.5) is 0 Å². The smallest absolute Gasteiger partial charge is 0.243 e. The highest BCUT2D eigenvalue weighted by atomic mass is 32.2. The number of aliphatic hydroxyl groups is 1. The number of piperidine rings is 1. The van der Waals surface area contributed by atoms with E-state index < -0.39 is 10.0 Å². The average molecular weight is 373 g/mol. The third-order valence-corrected chi connectivity index (χ3v) is 7.07. The predicted octanol–water partition coefficient (Wildman–Crippen LogP) is 2.51. The van der Waals surface area contributed by atoms with Crippen LogP contribution in [0.1, 0.15) is 28.8 Å². The Morgan fingerprint density at radius 2 is 1.73 bits per heavy atom. The summed E-state index contributed by atoms with van der Waals surface area (Å²) in [5, 5.41) is 9.97. The molecule has 1 saturated heterocycles. The summed E-state index contributed by atoms with van der Waals surface area (Å²) in [5.74, 6) is 0. The second-order valence-electron chi connectivity index (χ2n) is 6.91. The van der Waals surface area contributed by atoms with Gasteiger partial charge in [0.1, 0.15) is 6.29 Å². The first-order chi connectivity index (χ1) is 12.5. The molecule has 26 heavy (non-hydrogen) atoms. The van der Waals surface area contributed by atoms with Crippen LogP contribution in [0.5, 0.6) is 0 Å². The van der Waals surface area contributed by atoms with Gasteiger partial charge in [0.25, 0.3) is 0 Å². The van der Waals surface area contributed by atoms with Gasteiger partial charge in [-0.2, -0.15) is 4.31 Å². The number of hydrogen-bond donors (Lipinski definition) is 1. The van der Waals surface area contributed by atoms with Crippen LogP contribution in [-0.2, 0) is 16.4 Å². The van der Waals surface area contributed by atoms with Crippen molar-refractivity contribution < 1.29 is 18.3 Å². The average Bonchev–Trinajstić information content (AvgIpc) is 2.69. The molecule has 2 aromatic rings. The van der Waals surface area contributed by atoms with Gasteiger partial charge >= 0.3 is 0 Å². The van der Waals surface area contributed by atoms with E-state index in [1.165, 1.54) is 16.4 Å². The molecule has 2 aromatic carbocycles. The van der Waals surface area contributed by atoms with Gasteiger partial charge in [0.05, 0.1) is 4.90 Å². The van der Waals surface area contributed by atoms with Crippen LogP contribution in [0, 0.1) is 5.41 Å². The molecule has 3 rings (SSSR count). The molecule has 5 nitrogen and oxygen atoms in total. The molecule has 0 amide bonds. The molecule has 1 N–H and O–H groups in total. The second-order valence-corrected chi connectivity index (χ2v) is 8.85. The van der Waals surface area contributed by atoms with E-state index >= 15 is 0 Å². The van der Waals surface area contributed by atoms with Crippen molar-refractivity contribution in [3.63, 3.8) is 0 Å². The molecule has 0 atom stereocenters. The van der Waals surface area contributed by atoms with E-state index in [0.717, 1.165) is 12.0 Å². The van der Waals surface area contributed by atoms with Gasteiger partial charge in [-0.05, 0) is 42.4 Å². The summed E-state index contributed by atoms with van der Waals surface area (Å²) in [6.07, 6.45) is 2.58. The molecular weight excluding hydrogens is 350 g/mol. The first-order valence-corrected chi connectivity index (χ1v) is 10.1. The van der Waals surface area contributed by atoms with E-state index in [2.05, 4.69) is 0 Å². The van der Waals surface area contributed by atoms with Gasteiger partial charge in [-0.3, -0.25) is 4.79 Å². The summed E-state index contributed by atoms with van der Waals surface area (Å²) >= 11 is 0. The lowest BCUT2D eigenvalue weighted by Crippen LogP contribution is -2.45. The summed E-state index contributed by atoms with van der Waals surface area (Å²) in [6.45, 7) is 0.762. The van der Waals surface area contributed by atoms with Crippen molar-refractivity contribution in [1.29, 1.82) is 0 Å². The van der Waals surface area contributed by atoms with E-state index in [9.17, 15) is 18.3 Å². The molecule has 1 aliphatic heterocycles. The standard InChI is InChI=1S/C20H23NO4S/c22-15-18-7-4-8-19(13-18)26(24,25)21-11-9-20(16-23,10-12-21)14-17-5-2-1-3-6-17/h1-8,13,15,23H,9-12,14,16H2. The summed E-state index contributed by atoms with van der Waals surface area (Å²) in [4.78, 5) is 11.1. The van der Waals surface area contributed by atoms with Crippen LogP contribution >= 0.6 is 0 Å². The van der Waals surface area contributed by atoms with Crippen LogP contribution in [0.2, 0.25) is 0 Å². The molecule has 1 aliphatic rings. The van der Waals surface area contributed by atoms with Gasteiger partial charge in [0.15, 0.2) is 0 Å². The Morgan fingerprint density at radius 1 is 1.04 bits per heavy atom. The summed E-state index contributed by atoms with van der Waals surface area (Å²) in [6, 6.07) is 16.0. The lowest BCUT2D eigenvalue weighted by atomic mass is 9.75. The van der Waals surface area contributed by atoms with Crippen LogP contribution in [0.25, 0.3) is 0 Å². The van der Waals surface area contributed by atoms with Crippen molar-refractivity contribution in [2.45, 2.75) is 24.2 Å². The van der Waals surface area contributed by atoms with Crippen molar-refractivity contribution >= 4 is 16.3 Å². The number of aldehydes is 1. The molecular formula is C20H23NO4S. The number of carbonyl (C=O) groups is 1. The Labute approximate surface area is 154 Å². The molecule has 0 aromatic heterocycles. The quantitative estimate of drug-likeness (QED) is 0.790. The summed E-state index contributed by atoms with van der Waals surface area (Å²) in [7, 11) is -3.63. The van der Waals surface area contributed by atoms with Gasteiger partial charge in [-0.1, -0.05) is 42.5 Å². The fourth-order valence-corrected chi connectivity index (χ4v) is 5.01. The number of carbonyl (C=O) groups excluding carboxylic acids is 1. The highest BCUT2D eigenvalue weighted by Crippen LogP contribution is 2.36. The predicted molar refractivity (Wildman–Crippen MR) is 99.5 cm³/mol. The summed E-state index contributed by atoms with van der Waals surface area (Å²) < 4.78 is 27.2. The Balaban J connectivity index is 1.75. The third kappa shape index (κ3) is 3.87. The zero-order valence-electron chi connectivity index (χ0n) is 14.5. The first kappa shape index (κ1) is 18.8. The zero-order chi connectivity index (χ0) is 18.6. The van der Waals surface area contributed by atoms with E-state index in [-0.39, 0.29) is 16.9 Å². The van der Waals surface area contributed by atoms with Crippen molar-refractivity contribution in [3.05, 3.63) is 65.7 Å². The number of benzene rings is 2. The number of hydrogen-bond acceptors (Lipinski definition) is 4. The van der Waals surface area contributed by atoms with Crippen LogP contribution in [0.15, 0.2) is 59.5 Å². The molecule has 0 spiro atoms. The molecule has 0 unspecified atom stereocenters. The Morgan fingerprint density at radius 3 is 2.35 bits per heavy atom.